The number of carbonyl (C=O) groups is 2. The third kappa shape index (κ3) is 3.77. The van der Waals surface area contributed by atoms with Gasteiger partial charge in [0, 0.05) is 25.4 Å². The van der Waals surface area contributed by atoms with E-state index >= 15 is 0 Å². The van der Waals surface area contributed by atoms with Crippen molar-refractivity contribution in [2.24, 2.45) is 11.7 Å². The first kappa shape index (κ1) is 11.8. The molecule has 0 aliphatic carbocycles. The number of primary amides is 1. The summed E-state index contributed by atoms with van der Waals surface area (Å²) < 4.78 is 5.17. The van der Waals surface area contributed by atoms with Crippen LogP contribution in [-0.2, 0) is 9.53 Å². The molecule has 1 saturated heterocycles. The topological polar surface area (TPSA) is 72.6 Å². The van der Waals surface area contributed by atoms with Crippen molar-refractivity contribution in [3.8, 4) is 0 Å². The standard InChI is InChI=1S/C10H18N2O3/c1-10(2,3)15-9(14)12-5-7(6-12)4-8(11)13/h7H,4-6H2,1-3H3,(H2,11,13). The van der Waals surface area contributed by atoms with Crippen LogP contribution in [-0.4, -0.2) is 35.6 Å². The van der Waals surface area contributed by atoms with E-state index in [1.54, 1.807) is 4.90 Å². The second kappa shape index (κ2) is 4.08. The maximum absolute atomic E-state index is 11.5. The summed E-state index contributed by atoms with van der Waals surface area (Å²) in [6, 6.07) is 0. The summed E-state index contributed by atoms with van der Waals surface area (Å²) in [5, 5.41) is 0. The van der Waals surface area contributed by atoms with Crippen LogP contribution in [0.2, 0.25) is 0 Å². The van der Waals surface area contributed by atoms with Crippen LogP contribution in [0.5, 0.6) is 0 Å². The molecule has 1 aliphatic heterocycles. The van der Waals surface area contributed by atoms with Crippen molar-refractivity contribution >= 4 is 12.0 Å². The van der Waals surface area contributed by atoms with Gasteiger partial charge in [-0.25, -0.2) is 4.79 Å². The molecule has 86 valence electrons. The molecule has 0 aromatic rings. The molecule has 5 nitrogen and oxygen atoms in total. The van der Waals surface area contributed by atoms with E-state index < -0.39 is 5.60 Å². The lowest BCUT2D eigenvalue weighted by Gasteiger charge is -2.39. The Morgan fingerprint density at radius 1 is 1.40 bits per heavy atom. The maximum atomic E-state index is 11.5. The second-order valence-corrected chi connectivity index (χ2v) is 4.92. The summed E-state index contributed by atoms with van der Waals surface area (Å²) in [4.78, 5) is 23.6. The Bertz CT molecular complexity index is 264. The molecule has 0 saturated carbocycles. The second-order valence-electron chi connectivity index (χ2n) is 4.92. The fourth-order valence-electron chi connectivity index (χ4n) is 1.46. The van der Waals surface area contributed by atoms with Crippen LogP contribution in [0.25, 0.3) is 0 Å². The fraction of sp³-hybridized carbons (Fsp3) is 0.800. The van der Waals surface area contributed by atoms with Gasteiger partial charge >= 0.3 is 6.09 Å². The monoisotopic (exact) mass is 214 g/mol. The average molecular weight is 214 g/mol. The van der Waals surface area contributed by atoms with E-state index in [1.807, 2.05) is 20.8 Å². The molecule has 0 aromatic carbocycles. The van der Waals surface area contributed by atoms with Crippen LogP contribution in [0.15, 0.2) is 0 Å². The van der Waals surface area contributed by atoms with E-state index in [2.05, 4.69) is 0 Å². The van der Waals surface area contributed by atoms with Crippen LogP contribution < -0.4 is 5.73 Å². The lowest BCUT2D eigenvalue weighted by Crippen LogP contribution is -2.52. The third-order valence-electron chi connectivity index (χ3n) is 2.10. The van der Waals surface area contributed by atoms with Gasteiger partial charge in [0.25, 0.3) is 0 Å². The average Bonchev–Trinajstić information content (AvgIpc) is 1.91. The van der Waals surface area contributed by atoms with E-state index in [0.29, 0.717) is 19.5 Å². The molecule has 1 fully saturated rings. The van der Waals surface area contributed by atoms with Gasteiger partial charge in [-0.05, 0) is 20.8 Å². The molecule has 0 spiro atoms. The summed E-state index contributed by atoms with van der Waals surface area (Å²) >= 11 is 0. The van der Waals surface area contributed by atoms with Gasteiger partial charge in [-0.3, -0.25) is 4.79 Å². The first-order valence-corrected chi connectivity index (χ1v) is 5.04. The van der Waals surface area contributed by atoms with Crippen molar-refractivity contribution in [2.75, 3.05) is 13.1 Å². The quantitative estimate of drug-likeness (QED) is 0.736. The number of hydrogen-bond donors (Lipinski definition) is 1. The number of likely N-dealkylation sites (tertiary alicyclic amines) is 1. The highest BCUT2D eigenvalue weighted by Gasteiger charge is 2.34. The van der Waals surface area contributed by atoms with E-state index in [0.717, 1.165) is 0 Å². The predicted molar refractivity (Wildman–Crippen MR) is 55.1 cm³/mol. The molecule has 2 amide bonds. The first-order chi connectivity index (χ1) is 6.78. The Balaban J connectivity index is 2.27. The smallest absolute Gasteiger partial charge is 0.410 e. The molecule has 0 atom stereocenters. The number of amides is 2. The SMILES string of the molecule is CC(C)(C)OC(=O)N1CC(CC(N)=O)C1. The van der Waals surface area contributed by atoms with Crippen LogP contribution in [0.4, 0.5) is 4.79 Å². The lowest BCUT2D eigenvalue weighted by molar-refractivity contribution is -0.120. The predicted octanol–water partition coefficient (Wildman–Crippen LogP) is 0.729. The molecule has 1 rings (SSSR count). The van der Waals surface area contributed by atoms with E-state index in [4.69, 9.17) is 10.5 Å². The summed E-state index contributed by atoms with van der Waals surface area (Å²) in [7, 11) is 0. The Morgan fingerprint density at radius 3 is 2.33 bits per heavy atom. The van der Waals surface area contributed by atoms with Crippen molar-refractivity contribution in [3.05, 3.63) is 0 Å². The zero-order valence-electron chi connectivity index (χ0n) is 9.45. The van der Waals surface area contributed by atoms with Gasteiger partial charge in [0.05, 0.1) is 0 Å². The van der Waals surface area contributed by atoms with Crippen molar-refractivity contribution < 1.29 is 14.3 Å². The van der Waals surface area contributed by atoms with Crippen molar-refractivity contribution in [2.45, 2.75) is 32.8 Å². The van der Waals surface area contributed by atoms with Gasteiger partial charge in [0.2, 0.25) is 5.91 Å². The molecule has 2 N–H and O–H groups in total. The van der Waals surface area contributed by atoms with Crippen molar-refractivity contribution in [1.82, 2.24) is 4.90 Å². The Labute approximate surface area is 89.6 Å². The number of nitrogens with zero attached hydrogens (tertiary/aromatic N) is 1. The van der Waals surface area contributed by atoms with Gasteiger partial charge in [-0.15, -0.1) is 0 Å². The largest absolute Gasteiger partial charge is 0.444 e. The Kier molecular flexibility index (Phi) is 3.21. The molecule has 0 radical (unpaired) electrons. The minimum Gasteiger partial charge on any atom is -0.444 e. The van der Waals surface area contributed by atoms with Crippen molar-refractivity contribution in [3.63, 3.8) is 0 Å². The van der Waals surface area contributed by atoms with Gasteiger partial charge < -0.3 is 15.4 Å². The maximum Gasteiger partial charge on any atom is 0.410 e. The van der Waals surface area contributed by atoms with E-state index in [9.17, 15) is 9.59 Å². The number of rotatable bonds is 2. The minimum atomic E-state index is -0.466. The van der Waals surface area contributed by atoms with Crippen molar-refractivity contribution in [1.29, 1.82) is 0 Å². The molecule has 0 unspecified atom stereocenters. The minimum absolute atomic E-state index is 0.204. The number of carbonyl (C=O) groups excluding carboxylic acids is 2. The van der Waals surface area contributed by atoms with Gasteiger partial charge in [0.15, 0.2) is 0 Å². The third-order valence-corrected chi connectivity index (χ3v) is 2.10. The first-order valence-electron chi connectivity index (χ1n) is 5.04. The molecule has 15 heavy (non-hydrogen) atoms. The fourth-order valence-corrected chi connectivity index (χ4v) is 1.46. The van der Waals surface area contributed by atoms with Gasteiger partial charge in [-0.2, -0.15) is 0 Å². The lowest BCUT2D eigenvalue weighted by atomic mass is 9.97. The highest BCUT2D eigenvalue weighted by atomic mass is 16.6. The highest BCUT2D eigenvalue weighted by molar-refractivity contribution is 5.75. The molecule has 5 heteroatoms. The van der Waals surface area contributed by atoms with E-state index in [1.165, 1.54) is 0 Å². The summed E-state index contributed by atoms with van der Waals surface area (Å²) in [6.45, 7) is 6.61. The molecule has 0 aromatic heterocycles. The Morgan fingerprint density at radius 2 is 1.93 bits per heavy atom. The van der Waals surface area contributed by atoms with Crippen LogP contribution in [0.1, 0.15) is 27.2 Å². The van der Waals surface area contributed by atoms with Gasteiger partial charge in [0.1, 0.15) is 5.60 Å². The molecule has 1 aliphatic rings. The molecular formula is C10H18N2O3. The summed E-state index contributed by atoms with van der Waals surface area (Å²) in [5.74, 6) is -0.112. The summed E-state index contributed by atoms with van der Waals surface area (Å²) in [6.07, 6.45) is 0.0301. The summed E-state index contributed by atoms with van der Waals surface area (Å²) in [5.41, 5.74) is 4.59. The molecule has 1 heterocycles. The zero-order chi connectivity index (χ0) is 11.6. The number of nitrogens with two attached hydrogens (primary N) is 1. The Hall–Kier alpha value is -1.26. The number of hydrogen-bond acceptors (Lipinski definition) is 3. The highest BCUT2D eigenvalue weighted by Crippen LogP contribution is 2.21. The normalized spacial score (nSPS) is 17.1. The number of ether oxygens (including phenoxy) is 1. The molecular weight excluding hydrogens is 196 g/mol. The zero-order valence-corrected chi connectivity index (χ0v) is 9.45. The molecule has 0 bridgehead atoms. The van der Waals surface area contributed by atoms with Crippen LogP contribution in [0, 0.1) is 5.92 Å². The van der Waals surface area contributed by atoms with Crippen LogP contribution in [0.3, 0.4) is 0 Å². The van der Waals surface area contributed by atoms with Gasteiger partial charge in [-0.1, -0.05) is 0 Å². The van der Waals surface area contributed by atoms with E-state index in [-0.39, 0.29) is 17.9 Å². The van der Waals surface area contributed by atoms with Crippen LogP contribution >= 0.6 is 0 Å².